The number of hydrogen-bond donors (Lipinski definition) is 2. The highest BCUT2D eigenvalue weighted by Gasteiger charge is 2.13. The summed E-state index contributed by atoms with van der Waals surface area (Å²) in [5.74, 6) is 0. The van der Waals surface area contributed by atoms with Gasteiger partial charge in [0.25, 0.3) is 0 Å². The minimum absolute atomic E-state index is 0.590. The molecule has 0 radical (unpaired) electrons. The van der Waals surface area contributed by atoms with E-state index in [2.05, 4.69) is 29.0 Å². The first-order valence-corrected chi connectivity index (χ1v) is 8.18. The normalized spacial score (nSPS) is 16.5. The van der Waals surface area contributed by atoms with Gasteiger partial charge in [-0.3, -0.25) is 0 Å². The second-order valence-electron chi connectivity index (χ2n) is 4.88. The summed E-state index contributed by atoms with van der Waals surface area (Å²) in [6.45, 7) is 3.06. The van der Waals surface area contributed by atoms with Gasteiger partial charge in [-0.15, -0.1) is 11.3 Å². The Labute approximate surface area is 119 Å². The van der Waals surface area contributed by atoms with Crippen molar-refractivity contribution in [1.82, 2.24) is 10.6 Å². The minimum atomic E-state index is 0.590. The van der Waals surface area contributed by atoms with Crippen molar-refractivity contribution in [2.75, 3.05) is 0 Å². The van der Waals surface area contributed by atoms with Crippen LogP contribution in [0.3, 0.4) is 0 Å². The van der Waals surface area contributed by atoms with Gasteiger partial charge in [0.15, 0.2) is 5.11 Å². The van der Waals surface area contributed by atoms with Crippen LogP contribution in [0.15, 0.2) is 11.4 Å². The molecule has 2 nitrogen and oxygen atoms in total. The smallest absolute Gasteiger partial charge is 0.166 e. The average Bonchev–Trinajstić information content (AvgIpc) is 2.85. The van der Waals surface area contributed by atoms with E-state index in [-0.39, 0.29) is 0 Å². The van der Waals surface area contributed by atoms with E-state index in [1.54, 1.807) is 0 Å². The van der Waals surface area contributed by atoms with Crippen molar-refractivity contribution in [1.29, 1.82) is 0 Å². The summed E-state index contributed by atoms with van der Waals surface area (Å²) < 4.78 is 0. The van der Waals surface area contributed by atoms with Crippen LogP contribution in [0.4, 0.5) is 0 Å². The van der Waals surface area contributed by atoms with E-state index in [4.69, 9.17) is 12.2 Å². The molecule has 0 spiro atoms. The Balaban J connectivity index is 1.74. The van der Waals surface area contributed by atoms with Gasteiger partial charge in [0.2, 0.25) is 0 Å². The van der Waals surface area contributed by atoms with E-state index < -0.39 is 0 Å². The van der Waals surface area contributed by atoms with E-state index >= 15 is 0 Å². The van der Waals surface area contributed by atoms with Crippen molar-refractivity contribution in [2.24, 2.45) is 0 Å². The molecule has 0 amide bonds. The van der Waals surface area contributed by atoms with Gasteiger partial charge in [-0.1, -0.05) is 26.2 Å². The van der Waals surface area contributed by atoms with Crippen LogP contribution in [0, 0.1) is 0 Å². The summed E-state index contributed by atoms with van der Waals surface area (Å²) in [6, 6.07) is 2.80. The van der Waals surface area contributed by atoms with Gasteiger partial charge >= 0.3 is 0 Å². The fourth-order valence-electron chi connectivity index (χ4n) is 2.48. The zero-order chi connectivity index (χ0) is 12.8. The third-order valence-electron chi connectivity index (χ3n) is 3.57. The molecule has 100 valence electrons. The Hall–Kier alpha value is -0.610. The van der Waals surface area contributed by atoms with Crippen molar-refractivity contribution >= 4 is 28.7 Å². The molecule has 0 bridgehead atoms. The highest BCUT2D eigenvalue weighted by molar-refractivity contribution is 7.80. The van der Waals surface area contributed by atoms with E-state index in [1.807, 2.05) is 11.3 Å². The molecule has 4 heteroatoms. The van der Waals surface area contributed by atoms with Gasteiger partial charge in [0.1, 0.15) is 0 Å². The van der Waals surface area contributed by atoms with Crippen LogP contribution in [0.25, 0.3) is 0 Å². The molecule has 18 heavy (non-hydrogen) atoms. The molecule has 1 aromatic heterocycles. The van der Waals surface area contributed by atoms with Crippen LogP contribution in [-0.4, -0.2) is 11.2 Å². The van der Waals surface area contributed by atoms with Gasteiger partial charge in [0.05, 0.1) is 6.54 Å². The molecule has 1 aromatic rings. The summed E-state index contributed by atoms with van der Waals surface area (Å²) in [4.78, 5) is 1.41. The third-order valence-corrected chi connectivity index (χ3v) is 4.79. The second-order valence-corrected chi connectivity index (χ2v) is 6.29. The number of rotatable bonds is 4. The molecule has 1 saturated carbocycles. The quantitative estimate of drug-likeness (QED) is 0.825. The molecule has 1 aliphatic rings. The van der Waals surface area contributed by atoms with E-state index in [0.717, 1.165) is 18.1 Å². The Kier molecular flexibility index (Phi) is 5.45. The minimum Gasteiger partial charge on any atom is -0.360 e. The van der Waals surface area contributed by atoms with Gasteiger partial charge in [-0.25, -0.2) is 0 Å². The van der Waals surface area contributed by atoms with Crippen molar-refractivity contribution in [2.45, 2.75) is 58.0 Å². The molecular formula is C14H22N2S2. The Morgan fingerprint density at radius 2 is 2.17 bits per heavy atom. The van der Waals surface area contributed by atoms with Crippen LogP contribution in [-0.2, 0) is 13.0 Å². The van der Waals surface area contributed by atoms with Crippen LogP contribution in [0.5, 0.6) is 0 Å². The van der Waals surface area contributed by atoms with Crippen molar-refractivity contribution in [3.05, 3.63) is 21.9 Å². The molecule has 2 N–H and O–H groups in total. The topological polar surface area (TPSA) is 24.1 Å². The average molecular weight is 282 g/mol. The van der Waals surface area contributed by atoms with E-state index in [1.165, 1.54) is 42.5 Å². The lowest BCUT2D eigenvalue weighted by Gasteiger charge is -2.24. The lowest BCUT2D eigenvalue weighted by molar-refractivity contribution is 0.412. The number of thiocarbonyl (C=S) groups is 1. The van der Waals surface area contributed by atoms with Gasteiger partial charge in [-0.05, 0) is 48.5 Å². The maximum Gasteiger partial charge on any atom is 0.166 e. The molecule has 0 saturated heterocycles. The molecular weight excluding hydrogens is 260 g/mol. The second kappa shape index (κ2) is 7.10. The van der Waals surface area contributed by atoms with Crippen LogP contribution < -0.4 is 10.6 Å². The predicted octanol–water partition coefficient (Wildman–Crippen LogP) is 3.61. The highest BCUT2D eigenvalue weighted by atomic mass is 32.1. The lowest BCUT2D eigenvalue weighted by atomic mass is 9.96. The summed E-state index contributed by atoms with van der Waals surface area (Å²) in [7, 11) is 0. The standard InChI is InChI=1S/C14H22N2S2/c1-2-11-8-9-18-13(11)10-15-14(17)16-12-6-4-3-5-7-12/h8-9,12H,2-7,10H2,1H3,(H2,15,16,17). The first kappa shape index (κ1) is 13.8. The number of hydrogen-bond acceptors (Lipinski definition) is 2. The predicted molar refractivity (Wildman–Crippen MR) is 83.1 cm³/mol. The summed E-state index contributed by atoms with van der Waals surface area (Å²) in [5, 5.41) is 9.76. The molecule has 0 aliphatic heterocycles. The summed E-state index contributed by atoms with van der Waals surface area (Å²) in [5.41, 5.74) is 1.44. The molecule has 1 heterocycles. The largest absolute Gasteiger partial charge is 0.360 e. The van der Waals surface area contributed by atoms with Gasteiger partial charge < -0.3 is 10.6 Å². The summed E-state index contributed by atoms with van der Waals surface area (Å²) in [6.07, 6.45) is 7.69. The fourth-order valence-corrected chi connectivity index (χ4v) is 3.64. The maximum absolute atomic E-state index is 5.37. The summed E-state index contributed by atoms with van der Waals surface area (Å²) >= 11 is 7.18. The maximum atomic E-state index is 5.37. The van der Waals surface area contributed by atoms with Crippen molar-refractivity contribution < 1.29 is 0 Å². The number of nitrogens with one attached hydrogen (secondary N) is 2. The first-order chi connectivity index (χ1) is 8.79. The Morgan fingerprint density at radius 1 is 1.39 bits per heavy atom. The molecule has 0 atom stereocenters. The van der Waals surface area contributed by atoms with Gasteiger partial charge in [0, 0.05) is 10.9 Å². The number of thiophene rings is 1. The Bertz CT molecular complexity index is 381. The number of aryl methyl sites for hydroxylation is 1. The monoisotopic (exact) mass is 282 g/mol. The first-order valence-electron chi connectivity index (χ1n) is 6.89. The zero-order valence-corrected chi connectivity index (χ0v) is 12.6. The zero-order valence-electron chi connectivity index (χ0n) is 11.0. The van der Waals surface area contributed by atoms with E-state index in [0.29, 0.717) is 6.04 Å². The van der Waals surface area contributed by atoms with Gasteiger partial charge in [-0.2, -0.15) is 0 Å². The fraction of sp³-hybridized carbons (Fsp3) is 0.643. The van der Waals surface area contributed by atoms with Crippen LogP contribution in [0.2, 0.25) is 0 Å². The SMILES string of the molecule is CCc1ccsc1CNC(=S)NC1CCCCC1. The lowest BCUT2D eigenvalue weighted by Crippen LogP contribution is -2.42. The third kappa shape index (κ3) is 3.95. The Morgan fingerprint density at radius 3 is 2.89 bits per heavy atom. The molecule has 0 aromatic carbocycles. The van der Waals surface area contributed by atoms with Crippen molar-refractivity contribution in [3.63, 3.8) is 0 Å². The van der Waals surface area contributed by atoms with E-state index in [9.17, 15) is 0 Å². The molecule has 0 unspecified atom stereocenters. The molecule has 2 rings (SSSR count). The van der Waals surface area contributed by atoms with Crippen LogP contribution in [0.1, 0.15) is 49.5 Å². The highest BCUT2D eigenvalue weighted by Crippen LogP contribution is 2.18. The molecule has 1 fully saturated rings. The van der Waals surface area contributed by atoms with Crippen LogP contribution >= 0.6 is 23.6 Å². The molecule has 1 aliphatic carbocycles. The van der Waals surface area contributed by atoms with Crippen molar-refractivity contribution in [3.8, 4) is 0 Å².